The molecule has 1 N–H and O–H groups in total. The van der Waals surface area contributed by atoms with Crippen molar-refractivity contribution in [2.75, 3.05) is 7.11 Å². The number of nitrogens with zero attached hydrogens (tertiary/aromatic N) is 1. The van der Waals surface area contributed by atoms with Gasteiger partial charge in [-0.1, -0.05) is 17.7 Å². The molecule has 0 radical (unpaired) electrons. The van der Waals surface area contributed by atoms with Crippen molar-refractivity contribution in [1.29, 1.82) is 0 Å². The van der Waals surface area contributed by atoms with Gasteiger partial charge in [-0.15, -0.1) is 0 Å². The molecule has 108 valence electrons. The maximum atomic E-state index is 5.96. The summed E-state index contributed by atoms with van der Waals surface area (Å²) in [7, 11) is 1.63. The zero-order chi connectivity index (χ0) is 14.8. The van der Waals surface area contributed by atoms with E-state index >= 15 is 0 Å². The molecule has 4 nitrogen and oxygen atoms in total. The van der Waals surface area contributed by atoms with Gasteiger partial charge in [0.1, 0.15) is 12.4 Å². The van der Waals surface area contributed by atoms with Gasteiger partial charge in [-0.05, 0) is 42.8 Å². The van der Waals surface area contributed by atoms with E-state index in [-0.39, 0.29) is 0 Å². The summed E-state index contributed by atoms with van der Waals surface area (Å²) in [5.74, 6) is 2.16. The number of methoxy groups -OCH3 is 1. The predicted molar refractivity (Wildman–Crippen MR) is 83.2 cm³/mol. The number of aryl methyl sites for hydroxylation is 1. The first-order valence-corrected chi connectivity index (χ1v) is 6.95. The van der Waals surface area contributed by atoms with Crippen molar-refractivity contribution in [1.82, 2.24) is 9.97 Å². The summed E-state index contributed by atoms with van der Waals surface area (Å²) in [6, 6.07) is 11.4. The Morgan fingerprint density at radius 1 is 1.14 bits per heavy atom. The standard InChI is InChI=1S/C16H15ClN2O2/c1-10-3-6-14(15(7-10)20-2)21-9-16-18-12-5-4-11(17)8-13(12)19-16/h3-8H,9H2,1-2H3,(H,18,19). The quantitative estimate of drug-likeness (QED) is 0.789. The fourth-order valence-electron chi connectivity index (χ4n) is 2.14. The highest BCUT2D eigenvalue weighted by atomic mass is 35.5. The average Bonchev–Trinajstić information content (AvgIpc) is 2.87. The molecule has 0 atom stereocenters. The lowest BCUT2D eigenvalue weighted by molar-refractivity contribution is 0.277. The lowest BCUT2D eigenvalue weighted by atomic mass is 10.2. The smallest absolute Gasteiger partial charge is 0.161 e. The van der Waals surface area contributed by atoms with E-state index in [1.807, 2.05) is 43.3 Å². The van der Waals surface area contributed by atoms with Crippen LogP contribution in [-0.2, 0) is 6.61 Å². The van der Waals surface area contributed by atoms with Crippen molar-refractivity contribution in [3.05, 3.63) is 52.8 Å². The second-order valence-corrected chi connectivity index (χ2v) is 5.22. The molecule has 0 amide bonds. The van der Waals surface area contributed by atoms with E-state index in [4.69, 9.17) is 21.1 Å². The van der Waals surface area contributed by atoms with Gasteiger partial charge in [0, 0.05) is 5.02 Å². The molecule has 1 heterocycles. The fraction of sp³-hybridized carbons (Fsp3) is 0.188. The molecule has 21 heavy (non-hydrogen) atoms. The summed E-state index contributed by atoms with van der Waals surface area (Å²) >= 11 is 5.96. The highest BCUT2D eigenvalue weighted by Crippen LogP contribution is 2.28. The van der Waals surface area contributed by atoms with E-state index in [9.17, 15) is 0 Å². The fourth-order valence-corrected chi connectivity index (χ4v) is 2.32. The second kappa shape index (κ2) is 5.66. The Balaban J connectivity index is 1.80. The third kappa shape index (κ3) is 2.95. The van der Waals surface area contributed by atoms with Crippen LogP contribution in [0.5, 0.6) is 11.5 Å². The summed E-state index contributed by atoms with van der Waals surface area (Å²) < 4.78 is 11.1. The SMILES string of the molecule is COc1cc(C)ccc1OCc1nc2ccc(Cl)cc2[nH]1. The number of hydrogen-bond acceptors (Lipinski definition) is 3. The Kier molecular flexibility index (Phi) is 3.71. The Labute approximate surface area is 127 Å². The Hall–Kier alpha value is -2.20. The Morgan fingerprint density at radius 2 is 2.00 bits per heavy atom. The number of imidazole rings is 1. The molecule has 0 fully saturated rings. The van der Waals surface area contributed by atoms with E-state index in [0.29, 0.717) is 23.1 Å². The van der Waals surface area contributed by atoms with Gasteiger partial charge in [-0.2, -0.15) is 0 Å². The van der Waals surface area contributed by atoms with Crippen LogP contribution in [0.2, 0.25) is 5.02 Å². The first-order chi connectivity index (χ1) is 10.2. The van der Waals surface area contributed by atoms with Crippen LogP contribution in [0.3, 0.4) is 0 Å². The van der Waals surface area contributed by atoms with Crippen LogP contribution in [0.1, 0.15) is 11.4 Å². The number of hydrogen-bond donors (Lipinski definition) is 1. The molecule has 5 heteroatoms. The molecule has 1 aromatic heterocycles. The zero-order valence-electron chi connectivity index (χ0n) is 11.8. The van der Waals surface area contributed by atoms with Crippen LogP contribution in [0.15, 0.2) is 36.4 Å². The number of halogens is 1. The number of H-pyrrole nitrogens is 1. The average molecular weight is 303 g/mol. The van der Waals surface area contributed by atoms with Crippen molar-refractivity contribution in [2.45, 2.75) is 13.5 Å². The topological polar surface area (TPSA) is 47.1 Å². The highest BCUT2D eigenvalue weighted by Gasteiger charge is 2.07. The van der Waals surface area contributed by atoms with Gasteiger partial charge in [0.2, 0.25) is 0 Å². The summed E-state index contributed by atoms with van der Waals surface area (Å²) in [6.45, 7) is 2.35. The van der Waals surface area contributed by atoms with E-state index in [1.54, 1.807) is 7.11 Å². The van der Waals surface area contributed by atoms with E-state index < -0.39 is 0 Å². The summed E-state index contributed by atoms with van der Waals surface area (Å²) in [5.41, 5.74) is 2.89. The van der Waals surface area contributed by atoms with Crippen molar-refractivity contribution in [2.24, 2.45) is 0 Å². The normalized spacial score (nSPS) is 10.8. The lowest BCUT2D eigenvalue weighted by Crippen LogP contribution is -1.99. The minimum absolute atomic E-state index is 0.339. The molecular formula is C16H15ClN2O2. The van der Waals surface area contributed by atoms with Crippen LogP contribution in [0.4, 0.5) is 0 Å². The number of rotatable bonds is 4. The largest absolute Gasteiger partial charge is 0.493 e. The third-order valence-corrected chi connectivity index (χ3v) is 3.41. The first kappa shape index (κ1) is 13.8. The van der Waals surface area contributed by atoms with Crippen molar-refractivity contribution in [3.8, 4) is 11.5 Å². The van der Waals surface area contributed by atoms with Crippen LogP contribution in [0, 0.1) is 6.92 Å². The number of aromatic nitrogens is 2. The van der Waals surface area contributed by atoms with Gasteiger partial charge in [-0.25, -0.2) is 4.98 Å². The number of fused-ring (bicyclic) bond motifs is 1. The van der Waals surface area contributed by atoms with Crippen LogP contribution in [0.25, 0.3) is 11.0 Å². The van der Waals surface area contributed by atoms with Crippen molar-refractivity contribution >= 4 is 22.6 Å². The zero-order valence-corrected chi connectivity index (χ0v) is 12.6. The van der Waals surface area contributed by atoms with E-state index in [2.05, 4.69) is 9.97 Å². The van der Waals surface area contributed by atoms with Crippen LogP contribution < -0.4 is 9.47 Å². The molecule has 0 bridgehead atoms. The number of benzene rings is 2. The van der Waals surface area contributed by atoms with Gasteiger partial charge >= 0.3 is 0 Å². The monoisotopic (exact) mass is 302 g/mol. The molecule has 0 saturated heterocycles. The molecular weight excluding hydrogens is 288 g/mol. The molecule has 0 aliphatic carbocycles. The number of aromatic amines is 1. The molecule has 0 spiro atoms. The highest BCUT2D eigenvalue weighted by molar-refractivity contribution is 6.31. The van der Waals surface area contributed by atoms with Crippen molar-refractivity contribution < 1.29 is 9.47 Å². The molecule has 0 aliphatic rings. The molecule has 0 saturated carbocycles. The summed E-state index contributed by atoms with van der Waals surface area (Å²) in [4.78, 5) is 7.66. The third-order valence-electron chi connectivity index (χ3n) is 3.18. The summed E-state index contributed by atoms with van der Waals surface area (Å²) in [6.07, 6.45) is 0. The molecule has 3 rings (SSSR count). The molecule has 0 unspecified atom stereocenters. The summed E-state index contributed by atoms with van der Waals surface area (Å²) in [5, 5.41) is 0.679. The van der Waals surface area contributed by atoms with Gasteiger partial charge in [-0.3, -0.25) is 0 Å². The van der Waals surface area contributed by atoms with E-state index in [1.165, 1.54) is 0 Å². The Bertz CT molecular complexity index is 783. The van der Waals surface area contributed by atoms with Crippen LogP contribution in [-0.4, -0.2) is 17.1 Å². The lowest BCUT2D eigenvalue weighted by Gasteiger charge is -2.10. The molecule has 3 aromatic rings. The second-order valence-electron chi connectivity index (χ2n) is 4.79. The van der Waals surface area contributed by atoms with Crippen LogP contribution >= 0.6 is 11.6 Å². The molecule has 0 aliphatic heterocycles. The molecule has 2 aromatic carbocycles. The predicted octanol–water partition coefficient (Wildman–Crippen LogP) is 4.11. The minimum atomic E-state index is 0.339. The van der Waals surface area contributed by atoms with Gasteiger partial charge in [0.05, 0.1) is 18.1 Å². The number of nitrogens with one attached hydrogen (secondary N) is 1. The van der Waals surface area contributed by atoms with Gasteiger partial charge < -0.3 is 14.5 Å². The Morgan fingerprint density at radius 3 is 2.81 bits per heavy atom. The minimum Gasteiger partial charge on any atom is -0.493 e. The van der Waals surface area contributed by atoms with Gasteiger partial charge in [0.25, 0.3) is 0 Å². The maximum Gasteiger partial charge on any atom is 0.161 e. The maximum absolute atomic E-state index is 5.96. The van der Waals surface area contributed by atoms with Crippen molar-refractivity contribution in [3.63, 3.8) is 0 Å². The number of ether oxygens (including phenoxy) is 2. The first-order valence-electron chi connectivity index (χ1n) is 6.57. The van der Waals surface area contributed by atoms with E-state index in [0.717, 1.165) is 22.4 Å². The van der Waals surface area contributed by atoms with Gasteiger partial charge in [0.15, 0.2) is 11.5 Å².